The second-order valence-corrected chi connectivity index (χ2v) is 6.36. The van der Waals surface area contributed by atoms with E-state index in [1.54, 1.807) is 7.11 Å². The standard InChI is InChI=1S/C17H23FN2O2/c1-22-15-5-3-2-4-12(15)10-17(7-8-17)16(21)20-14-6-9-19-11-13(14)18/h2-5,13-14,19H,6-11H2,1H3,(H,20,21)/t13-,14-/m0/s1. The van der Waals surface area contributed by atoms with Crippen LogP contribution in [-0.4, -0.2) is 38.3 Å². The van der Waals surface area contributed by atoms with Crippen LogP contribution in [0.2, 0.25) is 0 Å². The van der Waals surface area contributed by atoms with Crippen molar-refractivity contribution >= 4 is 5.91 Å². The topological polar surface area (TPSA) is 50.4 Å². The first-order chi connectivity index (χ1) is 10.6. The summed E-state index contributed by atoms with van der Waals surface area (Å²) in [4.78, 5) is 12.6. The fraction of sp³-hybridized carbons (Fsp3) is 0.588. The van der Waals surface area contributed by atoms with E-state index in [0.717, 1.165) is 30.7 Å². The van der Waals surface area contributed by atoms with Crippen LogP contribution in [0.15, 0.2) is 24.3 Å². The number of methoxy groups -OCH3 is 1. The number of nitrogens with one attached hydrogen (secondary N) is 2. The maximum atomic E-state index is 13.9. The number of amides is 1. The van der Waals surface area contributed by atoms with E-state index in [1.165, 1.54) is 0 Å². The molecule has 5 heteroatoms. The van der Waals surface area contributed by atoms with E-state index in [-0.39, 0.29) is 17.4 Å². The van der Waals surface area contributed by atoms with E-state index in [0.29, 0.717) is 19.4 Å². The Bertz CT molecular complexity index is 545. The Morgan fingerprint density at radius 2 is 2.23 bits per heavy atom. The number of ether oxygens (including phenoxy) is 1. The summed E-state index contributed by atoms with van der Waals surface area (Å²) in [7, 11) is 1.64. The molecule has 1 aromatic rings. The van der Waals surface area contributed by atoms with Crippen molar-refractivity contribution < 1.29 is 13.9 Å². The molecule has 1 heterocycles. The van der Waals surface area contributed by atoms with Crippen LogP contribution in [0.4, 0.5) is 4.39 Å². The van der Waals surface area contributed by atoms with Gasteiger partial charge in [-0.1, -0.05) is 18.2 Å². The van der Waals surface area contributed by atoms with Crippen molar-refractivity contribution in [2.75, 3.05) is 20.2 Å². The quantitative estimate of drug-likeness (QED) is 0.873. The first kappa shape index (κ1) is 15.3. The molecule has 1 aliphatic carbocycles. The predicted octanol–water partition coefficient (Wildman–Crippen LogP) is 1.83. The first-order valence-corrected chi connectivity index (χ1v) is 7.92. The van der Waals surface area contributed by atoms with Crippen LogP contribution < -0.4 is 15.4 Å². The van der Waals surface area contributed by atoms with Crippen molar-refractivity contribution in [3.8, 4) is 5.75 Å². The van der Waals surface area contributed by atoms with Gasteiger partial charge in [0.2, 0.25) is 5.91 Å². The minimum atomic E-state index is -1.00. The van der Waals surface area contributed by atoms with Gasteiger partial charge in [-0.25, -0.2) is 4.39 Å². The van der Waals surface area contributed by atoms with Gasteiger partial charge < -0.3 is 15.4 Å². The second-order valence-electron chi connectivity index (χ2n) is 6.36. The number of piperidine rings is 1. The van der Waals surface area contributed by atoms with E-state index < -0.39 is 6.17 Å². The van der Waals surface area contributed by atoms with Gasteiger partial charge in [0.15, 0.2) is 0 Å². The molecule has 0 aromatic heterocycles. The lowest BCUT2D eigenvalue weighted by Gasteiger charge is -2.29. The highest BCUT2D eigenvalue weighted by molar-refractivity contribution is 5.86. The maximum Gasteiger partial charge on any atom is 0.226 e. The molecule has 22 heavy (non-hydrogen) atoms. The minimum absolute atomic E-state index is 0.00652. The molecular formula is C17H23FN2O2. The van der Waals surface area contributed by atoms with Crippen LogP contribution in [0, 0.1) is 5.41 Å². The normalized spacial score (nSPS) is 26.3. The van der Waals surface area contributed by atoms with Crippen molar-refractivity contribution in [3.63, 3.8) is 0 Å². The minimum Gasteiger partial charge on any atom is -0.496 e. The molecule has 2 atom stereocenters. The van der Waals surface area contributed by atoms with Crippen molar-refractivity contribution in [2.24, 2.45) is 5.41 Å². The van der Waals surface area contributed by atoms with Gasteiger partial charge in [0, 0.05) is 6.54 Å². The molecule has 2 N–H and O–H groups in total. The molecule has 0 unspecified atom stereocenters. The average Bonchev–Trinajstić information content (AvgIpc) is 3.31. The number of carbonyl (C=O) groups is 1. The van der Waals surface area contributed by atoms with Crippen molar-refractivity contribution in [1.29, 1.82) is 0 Å². The number of halogens is 1. The lowest BCUT2D eigenvalue weighted by Crippen LogP contribution is -2.52. The summed E-state index contributed by atoms with van der Waals surface area (Å²) in [5, 5.41) is 5.94. The fourth-order valence-corrected chi connectivity index (χ4v) is 3.15. The number of hydrogen-bond acceptors (Lipinski definition) is 3. The van der Waals surface area contributed by atoms with Crippen LogP contribution in [0.5, 0.6) is 5.75 Å². The Balaban J connectivity index is 1.66. The number of carbonyl (C=O) groups excluding carboxylic acids is 1. The highest BCUT2D eigenvalue weighted by Gasteiger charge is 2.50. The molecule has 1 aliphatic heterocycles. The summed E-state index contributed by atoms with van der Waals surface area (Å²) in [6.07, 6.45) is 2.03. The Morgan fingerprint density at radius 1 is 1.45 bits per heavy atom. The average molecular weight is 306 g/mol. The van der Waals surface area contributed by atoms with Crippen molar-refractivity contribution in [3.05, 3.63) is 29.8 Å². The van der Waals surface area contributed by atoms with E-state index in [2.05, 4.69) is 10.6 Å². The monoisotopic (exact) mass is 306 g/mol. The van der Waals surface area contributed by atoms with Gasteiger partial charge in [-0.2, -0.15) is 0 Å². The van der Waals surface area contributed by atoms with E-state index >= 15 is 0 Å². The molecule has 1 aromatic carbocycles. The molecule has 1 saturated heterocycles. The predicted molar refractivity (Wildman–Crippen MR) is 82.7 cm³/mol. The van der Waals surface area contributed by atoms with Gasteiger partial charge in [0.25, 0.3) is 0 Å². The summed E-state index contributed by atoms with van der Waals surface area (Å²) < 4.78 is 19.2. The molecular weight excluding hydrogens is 283 g/mol. The molecule has 3 rings (SSSR count). The zero-order chi connectivity index (χ0) is 15.6. The van der Waals surface area contributed by atoms with Gasteiger partial charge >= 0.3 is 0 Å². The number of benzene rings is 1. The second kappa shape index (κ2) is 6.24. The third-order valence-corrected chi connectivity index (χ3v) is 4.78. The summed E-state index contributed by atoms with van der Waals surface area (Å²) in [5.41, 5.74) is 0.666. The Labute approximate surface area is 130 Å². The van der Waals surface area contributed by atoms with Crippen LogP contribution in [0.3, 0.4) is 0 Å². The van der Waals surface area contributed by atoms with Crippen molar-refractivity contribution in [1.82, 2.24) is 10.6 Å². The lowest BCUT2D eigenvalue weighted by atomic mass is 9.93. The molecule has 1 saturated carbocycles. The highest BCUT2D eigenvalue weighted by atomic mass is 19.1. The van der Waals surface area contributed by atoms with Crippen LogP contribution in [-0.2, 0) is 11.2 Å². The number of para-hydroxylation sites is 1. The largest absolute Gasteiger partial charge is 0.496 e. The fourth-order valence-electron chi connectivity index (χ4n) is 3.15. The third-order valence-electron chi connectivity index (χ3n) is 4.78. The Kier molecular flexibility index (Phi) is 4.34. The number of alkyl halides is 1. The zero-order valence-electron chi connectivity index (χ0n) is 12.9. The molecule has 1 amide bonds. The first-order valence-electron chi connectivity index (χ1n) is 7.92. The third kappa shape index (κ3) is 3.09. The number of rotatable bonds is 5. The molecule has 0 radical (unpaired) electrons. The van der Waals surface area contributed by atoms with Gasteiger partial charge in [-0.3, -0.25) is 4.79 Å². The van der Waals surface area contributed by atoms with Crippen LogP contribution in [0.1, 0.15) is 24.8 Å². The van der Waals surface area contributed by atoms with E-state index in [1.807, 2.05) is 24.3 Å². The van der Waals surface area contributed by atoms with Gasteiger partial charge in [0.1, 0.15) is 11.9 Å². The van der Waals surface area contributed by atoms with Crippen molar-refractivity contribution in [2.45, 2.75) is 37.9 Å². The van der Waals surface area contributed by atoms with Gasteiger partial charge in [-0.05, 0) is 43.9 Å². The van der Waals surface area contributed by atoms with E-state index in [9.17, 15) is 9.18 Å². The zero-order valence-corrected chi connectivity index (χ0v) is 12.9. The molecule has 0 spiro atoms. The highest BCUT2D eigenvalue weighted by Crippen LogP contribution is 2.49. The van der Waals surface area contributed by atoms with Gasteiger partial charge in [-0.15, -0.1) is 0 Å². The lowest BCUT2D eigenvalue weighted by molar-refractivity contribution is -0.127. The summed E-state index contributed by atoms with van der Waals surface area (Å²) >= 11 is 0. The van der Waals surface area contributed by atoms with Crippen LogP contribution >= 0.6 is 0 Å². The summed E-state index contributed by atoms with van der Waals surface area (Å²) in [6, 6.07) is 7.42. The Hall–Kier alpha value is -1.62. The number of hydrogen-bond donors (Lipinski definition) is 2. The molecule has 120 valence electrons. The van der Waals surface area contributed by atoms with E-state index in [4.69, 9.17) is 4.74 Å². The molecule has 2 aliphatic rings. The maximum absolute atomic E-state index is 13.9. The molecule has 0 bridgehead atoms. The smallest absolute Gasteiger partial charge is 0.226 e. The molecule has 2 fully saturated rings. The SMILES string of the molecule is COc1ccccc1CC1(C(=O)N[C@H]2CCNC[C@@H]2F)CC1. The van der Waals surface area contributed by atoms with Gasteiger partial charge in [0.05, 0.1) is 18.6 Å². The Morgan fingerprint density at radius 3 is 2.91 bits per heavy atom. The summed E-state index contributed by atoms with van der Waals surface area (Å²) in [6.45, 7) is 1.08. The summed E-state index contributed by atoms with van der Waals surface area (Å²) in [5.74, 6) is 0.805. The molecule has 4 nitrogen and oxygen atoms in total. The van der Waals surface area contributed by atoms with Crippen LogP contribution in [0.25, 0.3) is 0 Å².